The Morgan fingerprint density at radius 3 is 2.48 bits per heavy atom. The van der Waals surface area contributed by atoms with Gasteiger partial charge >= 0.3 is 7.32 Å². The average Bonchev–Trinajstić information content (AvgIpc) is 2.93. The van der Waals surface area contributed by atoms with Gasteiger partial charge in [0.1, 0.15) is 16.9 Å². The molecule has 0 atom stereocenters. The summed E-state index contributed by atoms with van der Waals surface area (Å²) in [7, 11) is -1.84. The second-order valence-electron chi connectivity index (χ2n) is 5.25. The molecule has 0 saturated carbocycles. The first-order valence-corrected chi connectivity index (χ1v) is 7.26. The third kappa shape index (κ3) is 2.46. The second-order valence-corrected chi connectivity index (χ2v) is 5.25. The maximum absolute atomic E-state index is 8.97. The van der Waals surface area contributed by atoms with E-state index >= 15 is 0 Å². The largest absolute Gasteiger partial charge is 0.707 e. The lowest BCUT2D eigenvalue weighted by Crippen LogP contribution is -2.20. The molecule has 4 rings (SSSR count). The van der Waals surface area contributed by atoms with Crippen LogP contribution in [0.15, 0.2) is 71.1 Å². The van der Waals surface area contributed by atoms with E-state index in [0.29, 0.717) is 5.75 Å². The van der Waals surface area contributed by atoms with Gasteiger partial charge < -0.3 is 19.1 Å². The Morgan fingerprint density at radius 1 is 0.826 bits per heavy atom. The normalized spacial score (nSPS) is 11.0. The van der Waals surface area contributed by atoms with Crippen molar-refractivity contribution in [3.63, 3.8) is 0 Å². The molecule has 4 aromatic rings. The second kappa shape index (κ2) is 5.46. The molecule has 0 unspecified atom stereocenters. The summed E-state index contributed by atoms with van der Waals surface area (Å²) in [6.07, 6.45) is 0. The molecule has 1 heterocycles. The van der Waals surface area contributed by atoms with Crippen LogP contribution in [0.2, 0.25) is 0 Å². The van der Waals surface area contributed by atoms with Crippen molar-refractivity contribution < 1.29 is 19.1 Å². The molecule has 4 nitrogen and oxygen atoms in total. The highest BCUT2D eigenvalue weighted by atomic mass is 16.6. The van der Waals surface area contributed by atoms with Gasteiger partial charge in [-0.15, -0.1) is 0 Å². The van der Waals surface area contributed by atoms with E-state index < -0.39 is 7.32 Å². The molecule has 0 fully saturated rings. The molecule has 112 valence electrons. The van der Waals surface area contributed by atoms with Gasteiger partial charge in [0.2, 0.25) is 0 Å². The van der Waals surface area contributed by atoms with Crippen LogP contribution in [0.4, 0.5) is 0 Å². The van der Waals surface area contributed by atoms with Gasteiger partial charge in [0, 0.05) is 10.8 Å². The van der Waals surface area contributed by atoms with Crippen molar-refractivity contribution in [1.29, 1.82) is 0 Å². The van der Waals surface area contributed by atoms with E-state index in [2.05, 4.69) is 0 Å². The Hall–Kier alpha value is -2.76. The lowest BCUT2D eigenvalue weighted by molar-refractivity contribution is 0.288. The van der Waals surface area contributed by atoms with E-state index in [-0.39, 0.29) is 0 Å². The van der Waals surface area contributed by atoms with E-state index in [9.17, 15) is 0 Å². The zero-order valence-electron chi connectivity index (χ0n) is 12.1. The van der Waals surface area contributed by atoms with Crippen molar-refractivity contribution in [1.82, 2.24) is 0 Å². The third-order valence-corrected chi connectivity index (χ3v) is 3.79. The molecule has 2 N–H and O–H groups in total. The highest BCUT2D eigenvalue weighted by Gasteiger charge is 2.14. The van der Waals surface area contributed by atoms with E-state index in [0.717, 1.165) is 33.1 Å². The van der Waals surface area contributed by atoms with Crippen LogP contribution >= 0.6 is 0 Å². The lowest BCUT2D eigenvalue weighted by Gasteiger charge is -2.08. The van der Waals surface area contributed by atoms with Gasteiger partial charge in [-0.3, -0.25) is 0 Å². The van der Waals surface area contributed by atoms with Crippen LogP contribution in [0.1, 0.15) is 0 Å². The lowest BCUT2D eigenvalue weighted by atomic mass is 9.99. The fraction of sp³-hybridized carbons (Fsp3) is 0. The van der Waals surface area contributed by atoms with Crippen LogP contribution < -0.4 is 4.65 Å². The summed E-state index contributed by atoms with van der Waals surface area (Å²) < 4.78 is 10.8. The van der Waals surface area contributed by atoms with Gasteiger partial charge in [-0.2, -0.15) is 0 Å². The number of para-hydroxylation sites is 1. The van der Waals surface area contributed by atoms with Crippen LogP contribution in [0.5, 0.6) is 5.75 Å². The summed E-state index contributed by atoms with van der Waals surface area (Å²) in [5.41, 5.74) is 3.58. The minimum atomic E-state index is -1.84. The summed E-state index contributed by atoms with van der Waals surface area (Å²) in [5.74, 6) is 0.391. The predicted octanol–water partition coefficient (Wildman–Crippen LogP) is 3.60. The summed E-state index contributed by atoms with van der Waals surface area (Å²) in [6.45, 7) is 0. The fourth-order valence-corrected chi connectivity index (χ4v) is 2.87. The van der Waals surface area contributed by atoms with Crippen LogP contribution in [0, 0.1) is 0 Å². The highest BCUT2D eigenvalue weighted by molar-refractivity contribution is 6.33. The summed E-state index contributed by atoms with van der Waals surface area (Å²) >= 11 is 0. The number of hydrogen-bond acceptors (Lipinski definition) is 4. The number of rotatable bonds is 3. The molecule has 23 heavy (non-hydrogen) atoms. The van der Waals surface area contributed by atoms with Gasteiger partial charge in [-0.1, -0.05) is 42.5 Å². The number of fused-ring (bicyclic) bond motifs is 3. The number of furan rings is 1. The molecule has 0 aliphatic rings. The first-order chi connectivity index (χ1) is 11.2. The monoisotopic (exact) mass is 304 g/mol. The fourth-order valence-electron chi connectivity index (χ4n) is 2.87. The molecule has 0 bridgehead atoms. The highest BCUT2D eigenvalue weighted by Crippen LogP contribution is 2.37. The van der Waals surface area contributed by atoms with E-state index in [4.69, 9.17) is 19.1 Å². The Labute approximate surface area is 132 Å². The van der Waals surface area contributed by atoms with Crippen molar-refractivity contribution >= 4 is 29.3 Å². The molecule has 0 spiro atoms. The van der Waals surface area contributed by atoms with Crippen molar-refractivity contribution in [3.8, 4) is 16.9 Å². The molecule has 3 aromatic carbocycles. The Kier molecular flexibility index (Phi) is 3.30. The van der Waals surface area contributed by atoms with Gasteiger partial charge in [-0.25, -0.2) is 0 Å². The van der Waals surface area contributed by atoms with E-state index in [1.54, 1.807) is 12.1 Å². The zero-order chi connectivity index (χ0) is 15.8. The number of hydrogen-bond donors (Lipinski definition) is 2. The molecule has 0 amide bonds. The summed E-state index contributed by atoms with van der Waals surface area (Å²) in [5, 5.41) is 20.0. The Morgan fingerprint density at radius 2 is 1.61 bits per heavy atom. The molecule has 5 heteroatoms. The smallest absolute Gasteiger partial charge is 0.512 e. The van der Waals surface area contributed by atoms with Crippen LogP contribution in [0.3, 0.4) is 0 Å². The SMILES string of the molecule is OB(O)Oc1cccc(-c2cccc3oc4ccccc4c23)c1. The Bertz CT molecular complexity index is 991. The molecule has 0 saturated heterocycles. The first kappa shape index (κ1) is 13.9. The standard InChI is InChI=1S/C18H13BO4/c20-19(21)23-13-6-3-5-12(11-13)14-8-4-10-17-18(14)15-7-1-2-9-16(15)22-17/h1-11,20-21H. The van der Waals surface area contributed by atoms with Crippen molar-refractivity contribution in [2.24, 2.45) is 0 Å². The zero-order valence-corrected chi connectivity index (χ0v) is 12.1. The van der Waals surface area contributed by atoms with Crippen LogP contribution in [0.25, 0.3) is 33.1 Å². The molecule has 0 radical (unpaired) electrons. The summed E-state index contributed by atoms with van der Waals surface area (Å²) in [6, 6.07) is 21.0. The van der Waals surface area contributed by atoms with Gasteiger partial charge in [-0.05, 0) is 35.4 Å². The average molecular weight is 304 g/mol. The third-order valence-electron chi connectivity index (χ3n) is 3.79. The quantitative estimate of drug-likeness (QED) is 0.568. The molecular weight excluding hydrogens is 291 g/mol. The topological polar surface area (TPSA) is 62.8 Å². The van der Waals surface area contributed by atoms with E-state index in [1.807, 2.05) is 54.6 Å². The van der Waals surface area contributed by atoms with E-state index in [1.165, 1.54) is 0 Å². The van der Waals surface area contributed by atoms with Crippen molar-refractivity contribution in [2.45, 2.75) is 0 Å². The molecule has 0 aliphatic heterocycles. The minimum Gasteiger partial charge on any atom is -0.512 e. The van der Waals surface area contributed by atoms with Crippen LogP contribution in [-0.2, 0) is 0 Å². The maximum atomic E-state index is 8.97. The molecular formula is C18H13BO4. The first-order valence-electron chi connectivity index (χ1n) is 7.26. The number of benzene rings is 3. The van der Waals surface area contributed by atoms with Gasteiger partial charge in [0.25, 0.3) is 0 Å². The van der Waals surface area contributed by atoms with Crippen molar-refractivity contribution in [3.05, 3.63) is 66.7 Å². The van der Waals surface area contributed by atoms with Gasteiger partial charge in [0.05, 0.1) is 0 Å². The van der Waals surface area contributed by atoms with Gasteiger partial charge in [0.15, 0.2) is 0 Å². The summed E-state index contributed by atoms with van der Waals surface area (Å²) in [4.78, 5) is 0. The predicted molar refractivity (Wildman–Crippen MR) is 90.0 cm³/mol. The van der Waals surface area contributed by atoms with Crippen molar-refractivity contribution in [2.75, 3.05) is 0 Å². The molecule has 0 aliphatic carbocycles. The molecule has 1 aromatic heterocycles. The van der Waals surface area contributed by atoms with Crippen LogP contribution in [-0.4, -0.2) is 17.4 Å². The minimum absolute atomic E-state index is 0.391. The maximum Gasteiger partial charge on any atom is 0.707 e. The Balaban J connectivity index is 1.95.